The van der Waals surface area contributed by atoms with Crippen LogP contribution >= 0.6 is 0 Å². The lowest BCUT2D eigenvalue weighted by Gasteiger charge is -2.21. The molecule has 2 heterocycles. The van der Waals surface area contributed by atoms with Crippen LogP contribution in [0, 0.1) is 0 Å². The fourth-order valence-corrected chi connectivity index (χ4v) is 2.85. The first-order chi connectivity index (χ1) is 9.63. The Morgan fingerprint density at radius 3 is 2.85 bits per heavy atom. The highest BCUT2D eigenvalue weighted by Crippen LogP contribution is 2.17. The first-order valence-corrected chi connectivity index (χ1v) is 8.11. The monoisotopic (exact) mass is 278 g/mol. The molecule has 0 spiro atoms. The van der Waals surface area contributed by atoms with Crippen molar-refractivity contribution in [2.45, 2.75) is 65.6 Å². The molecule has 20 heavy (non-hydrogen) atoms. The van der Waals surface area contributed by atoms with E-state index in [0.717, 1.165) is 32.5 Å². The third-order valence-corrected chi connectivity index (χ3v) is 4.41. The van der Waals surface area contributed by atoms with Crippen molar-refractivity contribution in [2.75, 3.05) is 20.1 Å². The van der Waals surface area contributed by atoms with Crippen molar-refractivity contribution in [2.24, 2.45) is 0 Å². The number of nitrogens with zero attached hydrogens (tertiary/aromatic N) is 3. The number of rotatable bonds is 7. The van der Waals surface area contributed by atoms with Gasteiger partial charge in [0.1, 0.15) is 5.82 Å². The Kier molecular flexibility index (Phi) is 5.61. The number of hydrogen-bond donors (Lipinski definition) is 1. The van der Waals surface area contributed by atoms with Crippen LogP contribution < -0.4 is 5.32 Å². The van der Waals surface area contributed by atoms with Crippen molar-refractivity contribution >= 4 is 0 Å². The van der Waals surface area contributed by atoms with Crippen LogP contribution in [0.4, 0.5) is 0 Å². The summed E-state index contributed by atoms with van der Waals surface area (Å²) in [7, 11) is 2.22. The van der Waals surface area contributed by atoms with Crippen LogP contribution in [0.3, 0.4) is 0 Å². The van der Waals surface area contributed by atoms with E-state index in [9.17, 15) is 0 Å². The normalized spacial score (nSPS) is 15.1. The zero-order valence-electron chi connectivity index (χ0n) is 13.6. The predicted octanol–water partition coefficient (Wildman–Crippen LogP) is 2.21. The van der Waals surface area contributed by atoms with Crippen LogP contribution in [0.1, 0.15) is 50.8 Å². The van der Waals surface area contributed by atoms with E-state index in [4.69, 9.17) is 4.98 Å². The summed E-state index contributed by atoms with van der Waals surface area (Å²) >= 11 is 0. The summed E-state index contributed by atoms with van der Waals surface area (Å²) in [5.41, 5.74) is 2.77. The molecule has 4 heteroatoms. The van der Waals surface area contributed by atoms with Crippen LogP contribution in [0.15, 0.2) is 0 Å². The lowest BCUT2D eigenvalue weighted by atomic mass is 10.1. The van der Waals surface area contributed by atoms with Gasteiger partial charge in [-0.05, 0) is 40.3 Å². The van der Waals surface area contributed by atoms with E-state index in [1.54, 1.807) is 0 Å². The van der Waals surface area contributed by atoms with Crippen LogP contribution in [0.25, 0.3) is 0 Å². The minimum absolute atomic E-state index is 0.647. The molecule has 1 aromatic heterocycles. The average molecular weight is 278 g/mol. The Morgan fingerprint density at radius 2 is 2.15 bits per heavy atom. The Bertz CT molecular complexity index is 422. The minimum Gasteiger partial charge on any atom is -0.332 e. The quantitative estimate of drug-likeness (QED) is 0.776. The summed E-state index contributed by atoms with van der Waals surface area (Å²) in [6.07, 6.45) is 4.69. The number of hydrogen-bond acceptors (Lipinski definition) is 3. The van der Waals surface area contributed by atoms with Gasteiger partial charge in [-0.3, -0.25) is 0 Å². The molecule has 2 rings (SSSR count). The smallest absolute Gasteiger partial charge is 0.108 e. The van der Waals surface area contributed by atoms with Gasteiger partial charge in [0.15, 0.2) is 0 Å². The molecule has 0 saturated heterocycles. The maximum absolute atomic E-state index is 4.80. The fourth-order valence-electron chi connectivity index (χ4n) is 2.85. The second-order valence-corrected chi connectivity index (χ2v) is 6.13. The van der Waals surface area contributed by atoms with Gasteiger partial charge in [0.2, 0.25) is 0 Å². The summed E-state index contributed by atoms with van der Waals surface area (Å²) < 4.78 is 2.49. The first-order valence-electron chi connectivity index (χ1n) is 8.11. The maximum Gasteiger partial charge on any atom is 0.108 e. The van der Waals surface area contributed by atoms with Crippen molar-refractivity contribution in [3.05, 3.63) is 17.2 Å². The molecule has 1 aliphatic heterocycles. The van der Waals surface area contributed by atoms with Gasteiger partial charge in [-0.25, -0.2) is 4.98 Å². The summed E-state index contributed by atoms with van der Waals surface area (Å²) in [5, 5.41) is 3.42. The van der Waals surface area contributed by atoms with E-state index in [0.29, 0.717) is 6.04 Å². The van der Waals surface area contributed by atoms with Crippen molar-refractivity contribution < 1.29 is 0 Å². The number of imidazole rings is 1. The summed E-state index contributed by atoms with van der Waals surface area (Å²) in [4.78, 5) is 7.23. The number of aromatic nitrogens is 2. The molecule has 1 aromatic rings. The highest BCUT2D eigenvalue weighted by molar-refractivity contribution is 5.20. The number of fused-ring (bicyclic) bond motifs is 1. The zero-order valence-corrected chi connectivity index (χ0v) is 13.6. The molecule has 0 aromatic carbocycles. The highest BCUT2D eigenvalue weighted by Gasteiger charge is 2.18. The van der Waals surface area contributed by atoms with Crippen molar-refractivity contribution in [1.82, 2.24) is 19.8 Å². The van der Waals surface area contributed by atoms with Gasteiger partial charge in [-0.15, -0.1) is 0 Å². The molecule has 1 aliphatic rings. The van der Waals surface area contributed by atoms with Crippen molar-refractivity contribution in [3.63, 3.8) is 0 Å². The third-order valence-electron chi connectivity index (χ3n) is 4.41. The second kappa shape index (κ2) is 7.23. The first kappa shape index (κ1) is 15.5. The zero-order chi connectivity index (χ0) is 14.5. The number of aryl methyl sites for hydroxylation is 1. The molecule has 0 unspecified atom stereocenters. The minimum atomic E-state index is 0.647. The fraction of sp³-hybridized carbons (Fsp3) is 0.812. The molecule has 0 saturated carbocycles. The van der Waals surface area contributed by atoms with E-state index in [2.05, 4.69) is 42.6 Å². The van der Waals surface area contributed by atoms with Crippen LogP contribution in [0.5, 0.6) is 0 Å². The maximum atomic E-state index is 4.80. The number of nitrogens with one attached hydrogen (secondary N) is 1. The lowest BCUT2D eigenvalue weighted by molar-refractivity contribution is 0.266. The van der Waals surface area contributed by atoms with E-state index in [1.165, 1.54) is 36.6 Å². The van der Waals surface area contributed by atoms with E-state index < -0.39 is 0 Å². The van der Waals surface area contributed by atoms with E-state index >= 15 is 0 Å². The van der Waals surface area contributed by atoms with Gasteiger partial charge >= 0.3 is 0 Å². The summed E-state index contributed by atoms with van der Waals surface area (Å²) in [5.74, 6) is 1.27. The van der Waals surface area contributed by atoms with E-state index in [-0.39, 0.29) is 0 Å². The molecule has 114 valence electrons. The standard InChI is InChI=1S/C16H30N4/c1-5-16-18-14-12-17-9-8-15(14)20(16)11-7-6-10-19(4)13(2)3/h13,17H,5-12H2,1-4H3. The van der Waals surface area contributed by atoms with Gasteiger partial charge in [0, 0.05) is 44.2 Å². The van der Waals surface area contributed by atoms with Crippen LogP contribution in [-0.2, 0) is 25.9 Å². The molecule has 0 atom stereocenters. The Morgan fingerprint density at radius 1 is 1.35 bits per heavy atom. The predicted molar refractivity (Wildman–Crippen MR) is 84.0 cm³/mol. The largest absolute Gasteiger partial charge is 0.332 e. The molecule has 0 amide bonds. The van der Waals surface area contributed by atoms with Gasteiger partial charge < -0.3 is 14.8 Å². The van der Waals surface area contributed by atoms with Gasteiger partial charge in [-0.1, -0.05) is 6.92 Å². The molecule has 0 radical (unpaired) electrons. The molecule has 1 N–H and O–H groups in total. The van der Waals surface area contributed by atoms with Crippen LogP contribution in [-0.4, -0.2) is 40.6 Å². The van der Waals surface area contributed by atoms with E-state index in [1.807, 2.05) is 0 Å². The highest BCUT2D eigenvalue weighted by atomic mass is 15.1. The summed E-state index contributed by atoms with van der Waals surface area (Å²) in [6, 6.07) is 0.647. The van der Waals surface area contributed by atoms with Crippen molar-refractivity contribution in [3.8, 4) is 0 Å². The van der Waals surface area contributed by atoms with Gasteiger partial charge in [0.05, 0.1) is 5.69 Å². The molecule has 0 bridgehead atoms. The molecular formula is C16H30N4. The van der Waals surface area contributed by atoms with Crippen molar-refractivity contribution in [1.29, 1.82) is 0 Å². The topological polar surface area (TPSA) is 33.1 Å². The van der Waals surface area contributed by atoms with Gasteiger partial charge in [-0.2, -0.15) is 0 Å². The number of unbranched alkanes of at least 4 members (excludes halogenated alkanes) is 1. The SMILES string of the molecule is CCc1nc2c(n1CCCCN(C)C(C)C)CCNC2. The Balaban J connectivity index is 1.90. The van der Waals surface area contributed by atoms with Crippen LogP contribution in [0.2, 0.25) is 0 Å². The Labute approximate surface area is 123 Å². The lowest BCUT2D eigenvalue weighted by Crippen LogP contribution is -2.27. The molecule has 0 aliphatic carbocycles. The average Bonchev–Trinajstić information content (AvgIpc) is 2.81. The molecule has 0 fully saturated rings. The van der Waals surface area contributed by atoms with Gasteiger partial charge in [0.25, 0.3) is 0 Å². The Hall–Kier alpha value is -0.870. The summed E-state index contributed by atoms with van der Waals surface area (Å²) in [6.45, 7) is 11.1. The third kappa shape index (κ3) is 3.61. The molecular weight excluding hydrogens is 248 g/mol. The molecule has 4 nitrogen and oxygen atoms in total. The second-order valence-electron chi connectivity index (χ2n) is 6.13.